The van der Waals surface area contributed by atoms with Crippen LogP contribution in [0.2, 0.25) is 0 Å². The summed E-state index contributed by atoms with van der Waals surface area (Å²) < 4.78 is 5.11. The number of rotatable bonds is 4. The SMILES string of the molecule is CC(=O)Oc1ccccc1C(=O)Nc1cc(C(=O)N2CCNCC2)ccc1C. The Labute approximate surface area is 163 Å². The lowest BCUT2D eigenvalue weighted by Crippen LogP contribution is -2.46. The van der Waals surface area contributed by atoms with Crippen molar-refractivity contribution >= 4 is 23.5 Å². The van der Waals surface area contributed by atoms with Crippen molar-refractivity contribution in [3.63, 3.8) is 0 Å². The Kier molecular flexibility index (Phi) is 6.06. The fraction of sp³-hybridized carbons (Fsp3) is 0.286. The molecular weight excluding hydrogens is 358 g/mol. The molecule has 3 rings (SSSR count). The van der Waals surface area contributed by atoms with Crippen molar-refractivity contribution in [3.05, 3.63) is 59.2 Å². The number of hydrogen-bond donors (Lipinski definition) is 2. The standard InChI is InChI=1S/C21H23N3O4/c1-14-7-8-16(21(27)24-11-9-22-10-12-24)13-18(14)23-20(26)17-5-3-4-6-19(17)28-15(2)25/h3-8,13,22H,9-12H2,1-2H3,(H,23,26). The van der Waals surface area contributed by atoms with Crippen LogP contribution < -0.4 is 15.4 Å². The summed E-state index contributed by atoms with van der Waals surface area (Å²) in [5, 5.41) is 6.04. The molecule has 0 spiro atoms. The van der Waals surface area contributed by atoms with Crippen LogP contribution in [0.15, 0.2) is 42.5 Å². The number of aryl methyl sites for hydroxylation is 1. The van der Waals surface area contributed by atoms with E-state index in [-0.39, 0.29) is 17.2 Å². The van der Waals surface area contributed by atoms with Gasteiger partial charge in [-0.3, -0.25) is 14.4 Å². The van der Waals surface area contributed by atoms with Gasteiger partial charge in [-0.25, -0.2) is 0 Å². The summed E-state index contributed by atoms with van der Waals surface area (Å²) in [5.74, 6) is -0.776. The van der Waals surface area contributed by atoms with Crippen LogP contribution in [0.25, 0.3) is 0 Å². The first-order valence-corrected chi connectivity index (χ1v) is 9.15. The molecular formula is C21H23N3O4. The smallest absolute Gasteiger partial charge is 0.308 e. The van der Waals surface area contributed by atoms with Crippen LogP contribution in [-0.2, 0) is 4.79 Å². The van der Waals surface area contributed by atoms with Gasteiger partial charge in [-0.2, -0.15) is 0 Å². The van der Waals surface area contributed by atoms with Gasteiger partial charge in [0.15, 0.2) is 0 Å². The van der Waals surface area contributed by atoms with E-state index in [2.05, 4.69) is 10.6 Å². The highest BCUT2D eigenvalue weighted by Gasteiger charge is 2.20. The summed E-state index contributed by atoms with van der Waals surface area (Å²) in [6.45, 7) is 5.99. The molecule has 146 valence electrons. The van der Waals surface area contributed by atoms with E-state index in [9.17, 15) is 14.4 Å². The van der Waals surface area contributed by atoms with Crippen molar-refractivity contribution in [1.29, 1.82) is 0 Å². The van der Waals surface area contributed by atoms with Crippen molar-refractivity contribution in [2.45, 2.75) is 13.8 Å². The molecule has 0 unspecified atom stereocenters. The molecule has 0 atom stereocenters. The third kappa shape index (κ3) is 4.55. The first-order valence-electron chi connectivity index (χ1n) is 9.15. The molecule has 2 aromatic carbocycles. The van der Waals surface area contributed by atoms with E-state index in [0.717, 1.165) is 18.7 Å². The van der Waals surface area contributed by atoms with E-state index >= 15 is 0 Å². The Balaban J connectivity index is 1.81. The molecule has 0 aromatic heterocycles. The van der Waals surface area contributed by atoms with Crippen LogP contribution in [-0.4, -0.2) is 48.9 Å². The second-order valence-corrected chi connectivity index (χ2v) is 6.62. The highest BCUT2D eigenvalue weighted by Crippen LogP contribution is 2.23. The zero-order chi connectivity index (χ0) is 20.1. The highest BCUT2D eigenvalue weighted by atomic mass is 16.5. The van der Waals surface area contributed by atoms with E-state index in [0.29, 0.717) is 24.3 Å². The van der Waals surface area contributed by atoms with Gasteiger partial charge in [0.1, 0.15) is 5.75 Å². The van der Waals surface area contributed by atoms with Gasteiger partial charge in [0.2, 0.25) is 0 Å². The van der Waals surface area contributed by atoms with Crippen molar-refractivity contribution in [2.75, 3.05) is 31.5 Å². The zero-order valence-corrected chi connectivity index (χ0v) is 16.0. The van der Waals surface area contributed by atoms with E-state index in [1.807, 2.05) is 13.0 Å². The number of anilines is 1. The van der Waals surface area contributed by atoms with E-state index in [1.54, 1.807) is 41.3 Å². The molecule has 2 amide bonds. The summed E-state index contributed by atoms with van der Waals surface area (Å²) >= 11 is 0. The normalized spacial score (nSPS) is 13.7. The number of benzene rings is 2. The van der Waals surface area contributed by atoms with Crippen LogP contribution >= 0.6 is 0 Å². The molecule has 0 radical (unpaired) electrons. The van der Waals surface area contributed by atoms with Crippen LogP contribution in [0.1, 0.15) is 33.2 Å². The number of carbonyl (C=O) groups excluding carboxylic acids is 3. The van der Waals surface area contributed by atoms with Crippen molar-refractivity contribution in [3.8, 4) is 5.75 Å². The molecule has 0 bridgehead atoms. The van der Waals surface area contributed by atoms with Gasteiger partial charge in [-0.05, 0) is 36.8 Å². The quantitative estimate of drug-likeness (QED) is 0.626. The maximum atomic E-state index is 12.7. The topological polar surface area (TPSA) is 87.7 Å². The molecule has 7 nitrogen and oxygen atoms in total. The van der Waals surface area contributed by atoms with E-state index in [1.165, 1.54) is 6.92 Å². The summed E-state index contributed by atoms with van der Waals surface area (Å²) in [6, 6.07) is 11.8. The Morgan fingerprint density at radius 1 is 1.07 bits per heavy atom. The van der Waals surface area contributed by atoms with Gasteiger partial charge in [-0.15, -0.1) is 0 Å². The predicted octanol–water partition coefficient (Wildman–Crippen LogP) is 2.22. The largest absolute Gasteiger partial charge is 0.426 e. The lowest BCUT2D eigenvalue weighted by molar-refractivity contribution is -0.131. The zero-order valence-electron chi connectivity index (χ0n) is 16.0. The summed E-state index contributed by atoms with van der Waals surface area (Å²) in [7, 11) is 0. The Bertz CT molecular complexity index is 904. The number of nitrogens with zero attached hydrogens (tertiary/aromatic N) is 1. The van der Waals surface area contributed by atoms with Gasteiger partial charge in [0, 0.05) is 44.4 Å². The van der Waals surface area contributed by atoms with Gasteiger partial charge in [0.25, 0.3) is 11.8 Å². The number of ether oxygens (including phenoxy) is 1. The molecule has 7 heteroatoms. The highest BCUT2D eigenvalue weighted by molar-refractivity contribution is 6.07. The minimum atomic E-state index is -0.500. The Morgan fingerprint density at radius 3 is 2.50 bits per heavy atom. The molecule has 1 aliphatic rings. The molecule has 2 N–H and O–H groups in total. The number of hydrogen-bond acceptors (Lipinski definition) is 5. The van der Waals surface area contributed by atoms with Gasteiger partial charge in [-0.1, -0.05) is 18.2 Å². The van der Waals surface area contributed by atoms with Crippen LogP contribution in [0.3, 0.4) is 0 Å². The lowest BCUT2D eigenvalue weighted by Gasteiger charge is -2.27. The maximum Gasteiger partial charge on any atom is 0.308 e. The first-order chi connectivity index (χ1) is 13.5. The van der Waals surface area contributed by atoms with Gasteiger partial charge < -0.3 is 20.3 Å². The second kappa shape index (κ2) is 8.67. The van der Waals surface area contributed by atoms with Crippen LogP contribution in [0, 0.1) is 6.92 Å². The number of esters is 1. The fourth-order valence-corrected chi connectivity index (χ4v) is 3.03. The summed E-state index contributed by atoms with van der Waals surface area (Å²) in [5.41, 5.74) is 2.14. The fourth-order valence-electron chi connectivity index (χ4n) is 3.03. The van der Waals surface area contributed by atoms with E-state index in [4.69, 9.17) is 4.74 Å². The average Bonchev–Trinajstić information content (AvgIpc) is 2.69. The van der Waals surface area contributed by atoms with Crippen LogP contribution in [0.5, 0.6) is 5.75 Å². The molecule has 0 aliphatic carbocycles. The summed E-state index contributed by atoms with van der Waals surface area (Å²) in [6.07, 6.45) is 0. The molecule has 28 heavy (non-hydrogen) atoms. The second-order valence-electron chi connectivity index (χ2n) is 6.62. The van der Waals surface area contributed by atoms with Crippen LogP contribution in [0.4, 0.5) is 5.69 Å². The molecule has 1 saturated heterocycles. The van der Waals surface area contributed by atoms with Gasteiger partial charge >= 0.3 is 5.97 Å². The number of amides is 2. The Hall–Kier alpha value is -3.19. The molecule has 1 fully saturated rings. The average molecular weight is 381 g/mol. The lowest BCUT2D eigenvalue weighted by atomic mass is 10.1. The van der Waals surface area contributed by atoms with Crippen molar-refractivity contribution in [1.82, 2.24) is 10.2 Å². The summed E-state index contributed by atoms with van der Waals surface area (Å²) in [4.78, 5) is 38.5. The minimum absolute atomic E-state index is 0.0580. The third-order valence-corrected chi connectivity index (χ3v) is 4.52. The predicted molar refractivity (Wildman–Crippen MR) is 106 cm³/mol. The number of piperazine rings is 1. The number of carbonyl (C=O) groups is 3. The number of para-hydroxylation sites is 1. The van der Waals surface area contributed by atoms with Crippen molar-refractivity contribution in [2.24, 2.45) is 0 Å². The third-order valence-electron chi connectivity index (χ3n) is 4.52. The maximum absolute atomic E-state index is 12.7. The number of nitrogens with one attached hydrogen (secondary N) is 2. The molecule has 0 saturated carbocycles. The minimum Gasteiger partial charge on any atom is -0.426 e. The molecule has 2 aromatic rings. The Morgan fingerprint density at radius 2 is 1.79 bits per heavy atom. The van der Waals surface area contributed by atoms with E-state index < -0.39 is 11.9 Å². The van der Waals surface area contributed by atoms with Crippen molar-refractivity contribution < 1.29 is 19.1 Å². The van der Waals surface area contributed by atoms with Gasteiger partial charge in [0.05, 0.1) is 5.56 Å². The first kappa shape index (κ1) is 19.6. The monoisotopic (exact) mass is 381 g/mol. The molecule has 1 heterocycles. The molecule has 1 aliphatic heterocycles.